The van der Waals surface area contributed by atoms with Crippen LogP contribution < -0.4 is 4.74 Å². The van der Waals surface area contributed by atoms with Crippen molar-refractivity contribution in [3.8, 4) is 11.5 Å². The van der Waals surface area contributed by atoms with E-state index in [-0.39, 0.29) is 5.75 Å². The Kier molecular flexibility index (Phi) is 3.79. The number of carboxylic acid groups (broad SMARTS) is 1. The van der Waals surface area contributed by atoms with Crippen LogP contribution in [-0.4, -0.2) is 16.0 Å². The van der Waals surface area contributed by atoms with E-state index in [2.05, 4.69) is 0 Å². The lowest BCUT2D eigenvalue weighted by atomic mass is 10.2. The van der Waals surface area contributed by atoms with Gasteiger partial charge in [-0.1, -0.05) is 0 Å². The first-order chi connectivity index (χ1) is 9.88. The van der Waals surface area contributed by atoms with Crippen LogP contribution in [0.4, 0.5) is 14.5 Å². The van der Waals surface area contributed by atoms with Crippen molar-refractivity contribution in [2.24, 2.45) is 0 Å². The minimum atomic E-state index is -1.48. The Labute approximate surface area is 116 Å². The highest BCUT2D eigenvalue weighted by Gasteiger charge is 2.20. The van der Waals surface area contributed by atoms with Gasteiger partial charge in [-0.05, 0) is 24.3 Å². The normalized spacial score (nSPS) is 10.2. The molecule has 0 aromatic heterocycles. The molecule has 0 heterocycles. The van der Waals surface area contributed by atoms with Gasteiger partial charge in [0.25, 0.3) is 0 Å². The van der Waals surface area contributed by atoms with E-state index < -0.39 is 39.5 Å². The van der Waals surface area contributed by atoms with E-state index in [1.807, 2.05) is 0 Å². The van der Waals surface area contributed by atoms with Crippen LogP contribution >= 0.6 is 0 Å². The number of nitrogens with zero attached hydrogens (tertiary/aromatic N) is 1. The summed E-state index contributed by atoms with van der Waals surface area (Å²) in [4.78, 5) is 21.0. The van der Waals surface area contributed by atoms with Crippen molar-refractivity contribution >= 4 is 11.7 Å². The van der Waals surface area contributed by atoms with Crippen molar-refractivity contribution < 1.29 is 28.3 Å². The Morgan fingerprint density at radius 1 is 1.10 bits per heavy atom. The monoisotopic (exact) mass is 295 g/mol. The molecule has 0 fully saturated rings. The van der Waals surface area contributed by atoms with E-state index in [0.717, 1.165) is 30.3 Å². The second-order valence-electron chi connectivity index (χ2n) is 3.92. The van der Waals surface area contributed by atoms with Gasteiger partial charge in [0.15, 0.2) is 0 Å². The first-order valence-corrected chi connectivity index (χ1v) is 5.53. The number of carbonyl (C=O) groups is 1. The summed E-state index contributed by atoms with van der Waals surface area (Å²) in [7, 11) is 0. The highest BCUT2D eigenvalue weighted by Crippen LogP contribution is 2.33. The largest absolute Gasteiger partial charge is 0.478 e. The van der Waals surface area contributed by atoms with Gasteiger partial charge in [-0.3, -0.25) is 10.1 Å². The van der Waals surface area contributed by atoms with Crippen LogP contribution in [0.2, 0.25) is 0 Å². The lowest BCUT2D eigenvalue weighted by molar-refractivity contribution is -0.385. The van der Waals surface area contributed by atoms with Crippen molar-refractivity contribution in [1.82, 2.24) is 0 Å². The average molecular weight is 295 g/mol. The minimum Gasteiger partial charge on any atom is -0.478 e. The SMILES string of the molecule is O=C(O)c1cc(F)ccc1Oc1cc(F)ccc1[N+](=O)[O-]. The standard InChI is InChI=1S/C13H7F2NO5/c14-7-2-4-11(9(5-7)13(17)18)21-12-6-8(15)1-3-10(12)16(19)20/h1-6H,(H,17,18). The van der Waals surface area contributed by atoms with Gasteiger partial charge >= 0.3 is 11.7 Å². The van der Waals surface area contributed by atoms with Crippen LogP contribution in [0.25, 0.3) is 0 Å². The molecule has 0 aliphatic heterocycles. The van der Waals surface area contributed by atoms with E-state index in [1.54, 1.807) is 0 Å². The first-order valence-electron chi connectivity index (χ1n) is 5.53. The van der Waals surface area contributed by atoms with E-state index >= 15 is 0 Å². The summed E-state index contributed by atoms with van der Waals surface area (Å²) in [5.74, 6) is -3.90. The molecule has 0 saturated carbocycles. The minimum absolute atomic E-state index is 0.336. The summed E-state index contributed by atoms with van der Waals surface area (Å²) in [6, 6.07) is 5.11. The third kappa shape index (κ3) is 3.11. The van der Waals surface area contributed by atoms with Crippen LogP contribution in [0, 0.1) is 21.7 Å². The number of rotatable bonds is 4. The Morgan fingerprint density at radius 2 is 1.71 bits per heavy atom. The zero-order valence-electron chi connectivity index (χ0n) is 10.2. The molecule has 0 saturated heterocycles. The zero-order valence-corrected chi connectivity index (χ0v) is 10.2. The summed E-state index contributed by atoms with van der Waals surface area (Å²) in [6.07, 6.45) is 0. The van der Waals surface area contributed by atoms with Crippen LogP contribution in [-0.2, 0) is 0 Å². The molecule has 0 radical (unpaired) electrons. The smallest absolute Gasteiger partial charge is 0.339 e. The average Bonchev–Trinajstić information content (AvgIpc) is 2.40. The van der Waals surface area contributed by atoms with Crippen LogP contribution in [0.15, 0.2) is 36.4 Å². The van der Waals surface area contributed by atoms with Gasteiger partial charge in [0.1, 0.15) is 22.9 Å². The number of carboxylic acids is 1. The second-order valence-corrected chi connectivity index (χ2v) is 3.92. The van der Waals surface area contributed by atoms with Gasteiger partial charge in [-0.25, -0.2) is 13.6 Å². The van der Waals surface area contributed by atoms with Gasteiger partial charge < -0.3 is 9.84 Å². The molecule has 0 bridgehead atoms. The molecule has 2 aromatic rings. The summed E-state index contributed by atoms with van der Waals surface area (Å²) >= 11 is 0. The van der Waals surface area contributed by atoms with Crippen molar-refractivity contribution in [3.63, 3.8) is 0 Å². The first kappa shape index (κ1) is 14.4. The maximum absolute atomic E-state index is 13.2. The number of aromatic carboxylic acids is 1. The number of nitro benzene ring substituents is 1. The molecule has 2 aromatic carbocycles. The molecule has 21 heavy (non-hydrogen) atoms. The molecule has 0 amide bonds. The van der Waals surface area contributed by atoms with Crippen LogP contribution in [0.1, 0.15) is 10.4 Å². The quantitative estimate of drug-likeness (QED) is 0.690. The van der Waals surface area contributed by atoms with Gasteiger partial charge in [0.05, 0.1) is 4.92 Å². The molecule has 0 aliphatic carbocycles. The van der Waals surface area contributed by atoms with Gasteiger partial charge in [0.2, 0.25) is 5.75 Å². The van der Waals surface area contributed by atoms with E-state index in [9.17, 15) is 23.7 Å². The summed E-state index contributed by atoms with van der Waals surface area (Å²) in [5.41, 5.74) is -1.08. The molecule has 8 heteroatoms. The predicted molar refractivity (Wildman–Crippen MR) is 66.5 cm³/mol. The molecule has 0 spiro atoms. The van der Waals surface area contributed by atoms with Crippen LogP contribution in [0.5, 0.6) is 11.5 Å². The molecule has 0 atom stereocenters. The maximum Gasteiger partial charge on any atom is 0.339 e. The lowest BCUT2D eigenvalue weighted by Crippen LogP contribution is -2.02. The third-order valence-corrected chi connectivity index (χ3v) is 2.51. The van der Waals surface area contributed by atoms with Crippen LogP contribution in [0.3, 0.4) is 0 Å². The highest BCUT2D eigenvalue weighted by atomic mass is 19.1. The topological polar surface area (TPSA) is 89.7 Å². The molecule has 108 valence electrons. The predicted octanol–water partition coefficient (Wildman–Crippen LogP) is 3.36. The molecular formula is C13H7F2NO5. The van der Waals surface area contributed by atoms with Gasteiger partial charge in [-0.15, -0.1) is 0 Å². The molecule has 0 aliphatic rings. The lowest BCUT2D eigenvalue weighted by Gasteiger charge is -2.09. The molecule has 1 N–H and O–H groups in total. The number of halogens is 2. The fourth-order valence-electron chi connectivity index (χ4n) is 1.60. The van der Waals surface area contributed by atoms with E-state index in [0.29, 0.717) is 6.07 Å². The number of ether oxygens (including phenoxy) is 1. The fourth-order valence-corrected chi connectivity index (χ4v) is 1.60. The Morgan fingerprint density at radius 3 is 2.33 bits per heavy atom. The number of hydrogen-bond donors (Lipinski definition) is 1. The highest BCUT2D eigenvalue weighted by molar-refractivity contribution is 5.91. The second kappa shape index (κ2) is 5.53. The Balaban J connectivity index is 2.50. The zero-order chi connectivity index (χ0) is 15.6. The summed E-state index contributed by atoms with van der Waals surface area (Å²) in [5, 5.41) is 19.8. The molecule has 6 nitrogen and oxygen atoms in total. The Bertz CT molecular complexity index is 732. The number of benzene rings is 2. The fraction of sp³-hybridized carbons (Fsp3) is 0. The van der Waals surface area contributed by atoms with Crippen molar-refractivity contribution in [2.45, 2.75) is 0 Å². The van der Waals surface area contributed by atoms with Gasteiger partial charge in [-0.2, -0.15) is 0 Å². The molecule has 2 rings (SSSR count). The van der Waals surface area contributed by atoms with Gasteiger partial charge in [0, 0.05) is 12.1 Å². The van der Waals surface area contributed by atoms with E-state index in [4.69, 9.17) is 9.84 Å². The van der Waals surface area contributed by atoms with Crippen molar-refractivity contribution in [1.29, 1.82) is 0 Å². The van der Waals surface area contributed by atoms with Crippen molar-refractivity contribution in [2.75, 3.05) is 0 Å². The maximum atomic E-state index is 13.2. The third-order valence-electron chi connectivity index (χ3n) is 2.51. The van der Waals surface area contributed by atoms with Crippen molar-refractivity contribution in [3.05, 3.63) is 63.7 Å². The number of hydrogen-bond acceptors (Lipinski definition) is 4. The number of nitro groups is 1. The van der Waals surface area contributed by atoms with E-state index in [1.165, 1.54) is 0 Å². The molecule has 0 unspecified atom stereocenters. The molecular weight excluding hydrogens is 288 g/mol. The summed E-state index contributed by atoms with van der Waals surface area (Å²) < 4.78 is 31.3. The summed E-state index contributed by atoms with van der Waals surface area (Å²) in [6.45, 7) is 0. The Hall–Kier alpha value is -3.03.